The van der Waals surface area contributed by atoms with Crippen LogP contribution in [0.3, 0.4) is 0 Å². The Bertz CT molecular complexity index is 998. The van der Waals surface area contributed by atoms with Crippen molar-refractivity contribution in [1.29, 1.82) is 0 Å². The first-order valence-electron chi connectivity index (χ1n) is 8.91. The molecule has 0 radical (unpaired) electrons. The van der Waals surface area contributed by atoms with Crippen molar-refractivity contribution >= 4 is 23.5 Å². The van der Waals surface area contributed by atoms with Gasteiger partial charge in [-0.05, 0) is 18.6 Å². The number of nitro benzene ring substituents is 1. The van der Waals surface area contributed by atoms with Crippen molar-refractivity contribution in [3.05, 3.63) is 63.2 Å². The fourth-order valence-electron chi connectivity index (χ4n) is 3.09. The second kappa shape index (κ2) is 8.60. The Morgan fingerprint density at radius 3 is 2.13 bits per heavy atom. The van der Waals surface area contributed by atoms with Crippen LogP contribution in [-0.2, 0) is 4.74 Å². The van der Waals surface area contributed by atoms with Gasteiger partial charge in [0.1, 0.15) is 5.56 Å². The van der Waals surface area contributed by atoms with Gasteiger partial charge in [0, 0.05) is 12.6 Å². The highest BCUT2D eigenvalue weighted by Gasteiger charge is 2.34. The first-order chi connectivity index (χ1) is 14.4. The molecule has 0 spiro atoms. The van der Waals surface area contributed by atoms with E-state index >= 15 is 0 Å². The molecule has 10 heteroatoms. The van der Waals surface area contributed by atoms with E-state index < -0.39 is 28.4 Å². The van der Waals surface area contributed by atoms with Gasteiger partial charge in [-0.2, -0.15) is 0 Å². The second-order valence-corrected chi connectivity index (χ2v) is 6.28. The minimum absolute atomic E-state index is 0.0493. The molecule has 2 aromatic rings. The maximum absolute atomic E-state index is 12.4. The van der Waals surface area contributed by atoms with Gasteiger partial charge in [0.2, 0.25) is 0 Å². The third kappa shape index (κ3) is 3.79. The molecule has 2 aromatic carbocycles. The molecule has 156 valence electrons. The lowest BCUT2D eigenvalue weighted by Crippen LogP contribution is -2.31. The highest BCUT2D eigenvalue weighted by Crippen LogP contribution is 2.34. The first kappa shape index (κ1) is 20.8. The molecule has 3 rings (SSSR count). The van der Waals surface area contributed by atoms with Crippen LogP contribution in [0.15, 0.2) is 36.4 Å². The molecule has 0 aliphatic carbocycles. The zero-order valence-corrected chi connectivity index (χ0v) is 16.2. The molecule has 30 heavy (non-hydrogen) atoms. The predicted molar refractivity (Wildman–Crippen MR) is 103 cm³/mol. The summed E-state index contributed by atoms with van der Waals surface area (Å²) in [7, 11) is 2.65. The third-order valence-electron chi connectivity index (χ3n) is 4.56. The summed E-state index contributed by atoms with van der Waals surface area (Å²) in [6.07, 6.45) is 0.179. The van der Waals surface area contributed by atoms with E-state index in [2.05, 4.69) is 0 Å². The van der Waals surface area contributed by atoms with Gasteiger partial charge in [-0.25, -0.2) is 4.79 Å². The summed E-state index contributed by atoms with van der Waals surface area (Å²) in [6, 6.07) is 8.74. The quantitative estimate of drug-likeness (QED) is 0.212. The topological polar surface area (TPSA) is 125 Å². The molecule has 0 bridgehead atoms. The molecule has 0 atom stereocenters. The lowest BCUT2D eigenvalue weighted by molar-refractivity contribution is -0.385. The van der Waals surface area contributed by atoms with E-state index in [0.29, 0.717) is 11.1 Å². The van der Waals surface area contributed by atoms with Gasteiger partial charge in [0.15, 0.2) is 11.5 Å². The number of hydrogen-bond donors (Lipinski definition) is 0. The smallest absolute Gasteiger partial charge is 0.345 e. The Balaban J connectivity index is 1.64. The van der Waals surface area contributed by atoms with E-state index in [1.165, 1.54) is 20.3 Å². The summed E-state index contributed by atoms with van der Waals surface area (Å²) in [4.78, 5) is 48.6. The molecule has 0 saturated carbocycles. The minimum Gasteiger partial charge on any atom is -0.493 e. The molecular weight excluding hydrogens is 396 g/mol. The SMILES string of the molecule is COc1cc(C(=O)OCCCN2C(=O)c3ccccc3C2=O)c([N+](=O)[O-])cc1OC. The number of carbonyl (C=O) groups is 3. The molecule has 2 amide bonds. The summed E-state index contributed by atoms with van der Waals surface area (Å²) >= 11 is 0. The minimum atomic E-state index is -0.926. The fraction of sp³-hybridized carbons (Fsp3) is 0.250. The van der Waals surface area contributed by atoms with Crippen molar-refractivity contribution in [2.24, 2.45) is 0 Å². The van der Waals surface area contributed by atoms with Crippen LogP contribution in [-0.4, -0.2) is 55.0 Å². The largest absolute Gasteiger partial charge is 0.493 e. The van der Waals surface area contributed by atoms with Crippen LogP contribution in [0.5, 0.6) is 11.5 Å². The Morgan fingerprint density at radius 2 is 1.60 bits per heavy atom. The zero-order valence-electron chi connectivity index (χ0n) is 16.2. The molecule has 1 aliphatic rings. The summed E-state index contributed by atoms with van der Waals surface area (Å²) in [5.41, 5.74) is -0.114. The number of hydrogen-bond acceptors (Lipinski definition) is 8. The highest BCUT2D eigenvalue weighted by molar-refractivity contribution is 6.21. The van der Waals surface area contributed by atoms with Crippen molar-refractivity contribution in [3.63, 3.8) is 0 Å². The molecule has 1 heterocycles. The second-order valence-electron chi connectivity index (χ2n) is 6.28. The Kier molecular flexibility index (Phi) is 5.95. The van der Waals surface area contributed by atoms with Crippen LogP contribution in [0.4, 0.5) is 5.69 Å². The van der Waals surface area contributed by atoms with Crippen molar-refractivity contribution in [2.75, 3.05) is 27.4 Å². The molecule has 0 unspecified atom stereocenters. The van der Waals surface area contributed by atoms with E-state index in [9.17, 15) is 24.5 Å². The number of benzene rings is 2. The summed E-state index contributed by atoms with van der Waals surface area (Å²) in [5, 5.41) is 11.3. The van der Waals surface area contributed by atoms with Crippen LogP contribution < -0.4 is 9.47 Å². The highest BCUT2D eigenvalue weighted by atomic mass is 16.6. The monoisotopic (exact) mass is 414 g/mol. The average molecular weight is 414 g/mol. The number of methoxy groups -OCH3 is 2. The molecule has 0 aromatic heterocycles. The fourth-order valence-corrected chi connectivity index (χ4v) is 3.09. The normalized spacial score (nSPS) is 12.5. The van der Waals surface area contributed by atoms with Gasteiger partial charge in [-0.15, -0.1) is 0 Å². The summed E-state index contributed by atoms with van der Waals surface area (Å²) in [5.74, 6) is -1.49. The van der Waals surface area contributed by atoms with Crippen LogP contribution >= 0.6 is 0 Å². The number of amides is 2. The summed E-state index contributed by atoms with van der Waals surface area (Å²) < 4.78 is 15.2. The van der Waals surface area contributed by atoms with Gasteiger partial charge in [-0.3, -0.25) is 24.6 Å². The number of imide groups is 1. The molecule has 0 fully saturated rings. The van der Waals surface area contributed by atoms with Gasteiger partial charge < -0.3 is 14.2 Å². The molecule has 1 aliphatic heterocycles. The standard InChI is InChI=1S/C20H18N2O8/c1-28-16-10-14(15(22(26)27)11-17(16)29-2)20(25)30-9-5-8-21-18(23)12-6-3-4-7-13(12)19(21)24/h3-4,6-7,10-11H,5,8-9H2,1-2H3. The van der Waals surface area contributed by atoms with Gasteiger partial charge in [0.25, 0.3) is 17.5 Å². The summed E-state index contributed by atoms with van der Waals surface area (Å²) in [6.45, 7) is -0.0919. The Labute approximate surface area is 171 Å². The molecule has 0 saturated heterocycles. The molecular formula is C20H18N2O8. The van der Waals surface area contributed by atoms with Crippen LogP contribution in [0.2, 0.25) is 0 Å². The van der Waals surface area contributed by atoms with Crippen molar-refractivity contribution < 1.29 is 33.5 Å². The van der Waals surface area contributed by atoms with Gasteiger partial charge >= 0.3 is 5.97 Å². The maximum Gasteiger partial charge on any atom is 0.345 e. The van der Waals surface area contributed by atoms with Crippen molar-refractivity contribution in [3.8, 4) is 11.5 Å². The predicted octanol–water partition coefficient (Wildman–Crippen LogP) is 2.46. The number of nitrogens with zero attached hydrogens (tertiary/aromatic N) is 2. The first-order valence-corrected chi connectivity index (χ1v) is 8.91. The molecule has 10 nitrogen and oxygen atoms in total. The van der Waals surface area contributed by atoms with E-state index in [-0.39, 0.29) is 36.6 Å². The van der Waals surface area contributed by atoms with Crippen molar-refractivity contribution in [1.82, 2.24) is 4.90 Å². The lowest BCUT2D eigenvalue weighted by atomic mass is 10.1. The van der Waals surface area contributed by atoms with Gasteiger partial charge in [-0.1, -0.05) is 12.1 Å². The van der Waals surface area contributed by atoms with E-state index in [4.69, 9.17) is 14.2 Å². The lowest BCUT2D eigenvalue weighted by Gasteiger charge is -2.14. The zero-order chi connectivity index (χ0) is 21.8. The van der Waals surface area contributed by atoms with Crippen LogP contribution in [0.1, 0.15) is 37.5 Å². The average Bonchev–Trinajstić information content (AvgIpc) is 3.00. The van der Waals surface area contributed by atoms with Crippen LogP contribution in [0.25, 0.3) is 0 Å². The Morgan fingerprint density at radius 1 is 1.03 bits per heavy atom. The number of esters is 1. The Hall–Kier alpha value is -3.95. The third-order valence-corrected chi connectivity index (χ3v) is 4.56. The van der Waals surface area contributed by atoms with E-state index in [0.717, 1.165) is 11.0 Å². The molecule has 0 N–H and O–H groups in total. The number of rotatable bonds is 8. The van der Waals surface area contributed by atoms with Crippen LogP contribution in [0, 0.1) is 10.1 Å². The number of ether oxygens (including phenoxy) is 3. The number of fused-ring (bicyclic) bond motifs is 1. The van der Waals surface area contributed by atoms with Gasteiger partial charge in [0.05, 0.1) is 42.9 Å². The van der Waals surface area contributed by atoms with E-state index in [1.807, 2.05) is 0 Å². The van der Waals surface area contributed by atoms with E-state index in [1.54, 1.807) is 24.3 Å². The van der Waals surface area contributed by atoms with Crippen molar-refractivity contribution in [2.45, 2.75) is 6.42 Å². The number of carbonyl (C=O) groups excluding carboxylic acids is 3. The maximum atomic E-state index is 12.4. The number of nitro groups is 1.